The largest absolute Gasteiger partial charge is 0.489 e. The molecule has 4 nitrogen and oxygen atoms in total. The van der Waals surface area contributed by atoms with E-state index in [1.165, 1.54) is 18.4 Å². The van der Waals surface area contributed by atoms with Crippen molar-refractivity contribution in [1.82, 2.24) is 0 Å². The van der Waals surface area contributed by atoms with Crippen LogP contribution in [-0.4, -0.2) is 5.78 Å². The Balaban J connectivity index is 1.51. The highest BCUT2D eigenvalue weighted by Gasteiger charge is 2.28. The summed E-state index contributed by atoms with van der Waals surface area (Å²) in [7, 11) is 0. The van der Waals surface area contributed by atoms with E-state index in [1.54, 1.807) is 48.5 Å². The SMILES string of the molecule is O=C1/C(=C/c2ccco2)Oc2cc(OCc3cccc(F)c3)ccc21. The molecule has 4 rings (SSSR count). The number of fused-ring (bicyclic) bond motifs is 1. The number of ether oxygens (including phenoxy) is 2. The second-order valence-electron chi connectivity index (χ2n) is 5.53. The second-order valence-corrected chi connectivity index (χ2v) is 5.53. The van der Waals surface area contributed by atoms with Crippen LogP contribution >= 0.6 is 0 Å². The van der Waals surface area contributed by atoms with Crippen LogP contribution < -0.4 is 9.47 Å². The van der Waals surface area contributed by atoms with E-state index in [2.05, 4.69) is 0 Å². The van der Waals surface area contributed by atoms with E-state index in [0.29, 0.717) is 22.8 Å². The van der Waals surface area contributed by atoms with Crippen LogP contribution in [0.3, 0.4) is 0 Å². The van der Waals surface area contributed by atoms with Crippen LogP contribution in [0, 0.1) is 5.82 Å². The summed E-state index contributed by atoms with van der Waals surface area (Å²) in [5, 5.41) is 0. The number of carbonyl (C=O) groups is 1. The Labute approximate surface area is 143 Å². The first kappa shape index (κ1) is 15.2. The van der Waals surface area contributed by atoms with E-state index >= 15 is 0 Å². The molecule has 0 saturated carbocycles. The molecule has 1 aliphatic heterocycles. The third-order valence-corrected chi connectivity index (χ3v) is 3.75. The van der Waals surface area contributed by atoms with Gasteiger partial charge in [-0.3, -0.25) is 4.79 Å². The molecule has 0 aliphatic carbocycles. The number of rotatable bonds is 4. The van der Waals surface area contributed by atoms with Crippen LogP contribution in [0.1, 0.15) is 21.7 Å². The average Bonchev–Trinajstić information content (AvgIpc) is 3.22. The monoisotopic (exact) mass is 336 g/mol. The Morgan fingerprint density at radius 2 is 2.00 bits per heavy atom. The number of ketones is 1. The first-order chi connectivity index (χ1) is 12.2. The van der Waals surface area contributed by atoms with E-state index in [1.807, 2.05) is 0 Å². The molecule has 0 bridgehead atoms. The number of Topliss-reactive ketones (excluding diaryl/α,β-unsaturated/α-hetero) is 1. The summed E-state index contributed by atoms with van der Waals surface area (Å²) in [6, 6.07) is 14.7. The van der Waals surface area contributed by atoms with E-state index < -0.39 is 0 Å². The highest BCUT2D eigenvalue weighted by molar-refractivity contribution is 6.14. The van der Waals surface area contributed by atoms with Crippen molar-refractivity contribution in [3.8, 4) is 11.5 Å². The Hall–Kier alpha value is -3.34. The van der Waals surface area contributed by atoms with Crippen LogP contribution in [0.5, 0.6) is 11.5 Å². The highest BCUT2D eigenvalue weighted by Crippen LogP contribution is 2.35. The first-order valence-corrected chi connectivity index (χ1v) is 7.68. The maximum absolute atomic E-state index is 13.2. The Morgan fingerprint density at radius 1 is 1.08 bits per heavy atom. The molecule has 0 atom stereocenters. The summed E-state index contributed by atoms with van der Waals surface area (Å²) in [6.07, 6.45) is 3.08. The molecule has 3 aromatic rings. The van der Waals surface area contributed by atoms with Gasteiger partial charge in [0.25, 0.3) is 0 Å². The molecule has 0 radical (unpaired) electrons. The second kappa shape index (κ2) is 6.28. The minimum absolute atomic E-state index is 0.201. The van der Waals surface area contributed by atoms with Crippen molar-refractivity contribution in [3.63, 3.8) is 0 Å². The van der Waals surface area contributed by atoms with Gasteiger partial charge >= 0.3 is 0 Å². The van der Waals surface area contributed by atoms with Crippen molar-refractivity contribution in [3.05, 3.63) is 89.3 Å². The lowest BCUT2D eigenvalue weighted by atomic mass is 10.1. The minimum Gasteiger partial charge on any atom is -0.489 e. The van der Waals surface area contributed by atoms with Crippen LogP contribution in [0.2, 0.25) is 0 Å². The van der Waals surface area contributed by atoms with E-state index in [-0.39, 0.29) is 24.0 Å². The van der Waals surface area contributed by atoms with Crippen molar-refractivity contribution < 1.29 is 23.1 Å². The number of furan rings is 1. The van der Waals surface area contributed by atoms with Gasteiger partial charge in [-0.15, -0.1) is 0 Å². The standard InChI is InChI=1S/C20H13FO4/c21-14-4-1-3-13(9-14)12-24-16-6-7-17-18(10-16)25-19(20(17)22)11-15-5-2-8-23-15/h1-11H,12H2/b19-11-. The zero-order valence-corrected chi connectivity index (χ0v) is 13.1. The quantitative estimate of drug-likeness (QED) is 0.653. The predicted molar refractivity (Wildman–Crippen MR) is 88.8 cm³/mol. The van der Waals surface area contributed by atoms with Crippen LogP contribution in [0.4, 0.5) is 4.39 Å². The maximum Gasteiger partial charge on any atom is 0.232 e. The third-order valence-electron chi connectivity index (χ3n) is 3.75. The molecule has 0 unspecified atom stereocenters. The van der Waals surface area contributed by atoms with Crippen LogP contribution in [0.25, 0.3) is 6.08 Å². The molecule has 2 heterocycles. The molecule has 1 aromatic heterocycles. The molecular formula is C20H13FO4. The normalized spacial score (nSPS) is 14.4. The van der Waals surface area contributed by atoms with Crippen molar-refractivity contribution in [2.75, 3.05) is 0 Å². The first-order valence-electron chi connectivity index (χ1n) is 7.68. The Bertz CT molecular complexity index is 958. The van der Waals surface area contributed by atoms with Crippen molar-refractivity contribution in [2.45, 2.75) is 6.61 Å². The lowest BCUT2D eigenvalue weighted by Gasteiger charge is -2.07. The van der Waals surface area contributed by atoms with Crippen molar-refractivity contribution >= 4 is 11.9 Å². The van der Waals surface area contributed by atoms with Crippen LogP contribution in [-0.2, 0) is 6.61 Å². The van der Waals surface area contributed by atoms with Gasteiger partial charge in [0.1, 0.15) is 29.7 Å². The molecule has 5 heteroatoms. The van der Waals surface area contributed by atoms with Gasteiger partial charge in [-0.1, -0.05) is 12.1 Å². The summed E-state index contributed by atoms with van der Waals surface area (Å²) in [5.74, 6) is 1.19. The number of allylic oxidation sites excluding steroid dienone is 1. The van der Waals surface area contributed by atoms with Gasteiger partial charge in [-0.05, 0) is 42.0 Å². The number of benzene rings is 2. The van der Waals surface area contributed by atoms with Gasteiger partial charge < -0.3 is 13.9 Å². The van der Waals surface area contributed by atoms with Gasteiger partial charge in [-0.2, -0.15) is 0 Å². The molecule has 2 aromatic carbocycles. The lowest BCUT2D eigenvalue weighted by Crippen LogP contribution is -1.97. The molecule has 0 saturated heterocycles. The Morgan fingerprint density at radius 3 is 2.80 bits per heavy atom. The van der Waals surface area contributed by atoms with Gasteiger partial charge in [-0.25, -0.2) is 4.39 Å². The zero-order valence-electron chi connectivity index (χ0n) is 13.1. The number of halogens is 1. The summed E-state index contributed by atoms with van der Waals surface area (Å²) in [5.41, 5.74) is 1.19. The minimum atomic E-state index is -0.309. The zero-order chi connectivity index (χ0) is 17.2. The molecule has 1 aliphatic rings. The smallest absolute Gasteiger partial charge is 0.232 e. The number of hydrogen-bond acceptors (Lipinski definition) is 4. The fraction of sp³-hybridized carbons (Fsp3) is 0.0500. The molecule has 25 heavy (non-hydrogen) atoms. The van der Waals surface area contributed by atoms with E-state index in [9.17, 15) is 9.18 Å². The molecule has 0 N–H and O–H groups in total. The predicted octanol–water partition coefficient (Wildman–Crippen LogP) is 4.61. The summed E-state index contributed by atoms with van der Waals surface area (Å²) >= 11 is 0. The maximum atomic E-state index is 13.2. The highest BCUT2D eigenvalue weighted by atomic mass is 19.1. The average molecular weight is 336 g/mol. The molecule has 124 valence electrons. The third kappa shape index (κ3) is 3.17. The molecular weight excluding hydrogens is 323 g/mol. The molecule has 0 amide bonds. The van der Waals surface area contributed by atoms with E-state index in [4.69, 9.17) is 13.9 Å². The van der Waals surface area contributed by atoms with Gasteiger partial charge in [0, 0.05) is 12.1 Å². The lowest BCUT2D eigenvalue weighted by molar-refractivity contribution is 0.101. The number of carbonyl (C=O) groups excluding carboxylic acids is 1. The van der Waals surface area contributed by atoms with Gasteiger partial charge in [0.05, 0.1) is 11.8 Å². The topological polar surface area (TPSA) is 48.7 Å². The van der Waals surface area contributed by atoms with Crippen LogP contribution in [0.15, 0.2) is 71.0 Å². The van der Waals surface area contributed by atoms with Gasteiger partial charge in [0.15, 0.2) is 5.76 Å². The molecule has 0 fully saturated rings. The summed E-state index contributed by atoms with van der Waals surface area (Å²) in [4.78, 5) is 12.3. The van der Waals surface area contributed by atoms with Crippen molar-refractivity contribution in [1.29, 1.82) is 0 Å². The van der Waals surface area contributed by atoms with Gasteiger partial charge in [0.2, 0.25) is 5.78 Å². The summed E-state index contributed by atoms with van der Waals surface area (Å²) in [6.45, 7) is 0.222. The Kier molecular flexibility index (Phi) is 3.82. The van der Waals surface area contributed by atoms with E-state index in [0.717, 1.165) is 5.56 Å². The van der Waals surface area contributed by atoms with Crippen molar-refractivity contribution in [2.24, 2.45) is 0 Å². The summed E-state index contributed by atoms with van der Waals surface area (Å²) < 4.78 is 29.7. The fourth-order valence-electron chi connectivity index (χ4n) is 2.55. The molecule has 0 spiro atoms. The number of hydrogen-bond donors (Lipinski definition) is 0. The fourth-order valence-corrected chi connectivity index (χ4v) is 2.55.